The summed E-state index contributed by atoms with van der Waals surface area (Å²) in [5, 5.41) is 6.15. The first-order chi connectivity index (χ1) is 13.5. The molecule has 142 valence electrons. The summed E-state index contributed by atoms with van der Waals surface area (Å²) >= 11 is 8.90. The van der Waals surface area contributed by atoms with Gasteiger partial charge in [0.05, 0.1) is 15.1 Å². The Morgan fingerprint density at radius 3 is 2.82 bits per heavy atom. The molecule has 0 unspecified atom stereocenters. The van der Waals surface area contributed by atoms with Crippen LogP contribution in [0.3, 0.4) is 0 Å². The van der Waals surface area contributed by atoms with Gasteiger partial charge in [0.1, 0.15) is 12.4 Å². The SMILES string of the molecule is Cc1cc(OCc2csc(C(=O)Nc3nc4c(C)cccc4s3)c2)ccc1Cl. The number of hydrogen-bond acceptors (Lipinski definition) is 5. The van der Waals surface area contributed by atoms with E-state index in [1.807, 2.05) is 61.7 Å². The molecule has 0 bridgehead atoms. The second kappa shape index (κ2) is 7.91. The molecule has 0 radical (unpaired) electrons. The number of thiophene rings is 1. The Bertz CT molecular complexity index is 1170. The number of rotatable bonds is 5. The number of anilines is 1. The molecule has 4 rings (SSSR count). The molecule has 0 aliphatic carbocycles. The fraction of sp³-hybridized carbons (Fsp3) is 0.143. The summed E-state index contributed by atoms with van der Waals surface area (Å²) in [5.74, 6) is 0.597. The van der Waals surface area contributed by atoms with Gasteiger partial charge in [-0.1, -0.05) is 35.1 Å². The summed E-state index contributed by atoms with van der Waals surface area (Å²) in [6.45, 7) is 4.35. The Kier molecular flexibility index (Phi) is 5.35. The second-order valence-electron chi connectivity index (χ2n) is 6.41. The largest absolute Gasteiger partial charge is 0.489 e. The summed E-state index contributed by atoms with van der Waals surface area (Å²) in [6, 6.07) is 13.4. The van der Waals surface area contributed by atoms with Crippen LogP contribution in [0, 0.1) is 13.8 Å². The van der Waals surface area contributed by atoms with Crippen LogP contribution in [0.25, 0.3) is 10.2 Å². The molecule has 0 atom stereocenters. The molecule has 0 spiro atoms. The average Bonchev–Trinajstić information content (AvgIpc) is 3.30. The highest BCUT2D eigenvalue weighted by molar-refractivity contribution is 7.22. The van der Waals surface area contributed by atoms with Gasteiger partial charge in [-0.15, -0.1) is 11.3 Å². The Morgan fingerprint density at radius 2 is 2.04 bits per heavy atom. The number of amides is 1. The summed E-state index contributed by atoms with van der Waals surface area (Å²) < 4.78 is 6.86. The topological polar surface area (TPSA) is 51.2 Å². The Labute approximate surface area is 175 Å². The number of benzene rings is 2. The number of aryl methyl sites for hydroxylation is 2. The molecule has 4 nitrogen and oxygen atoms in total. The minimum Gasteiger partial charge on any atom is -0.489 e. The number of nitrogens with one attached hydrogen (secondary N) is 1. The molecule has 2 aromatic heterocycles. The van der Waals surface area contributed by atoms with E-state index in [4.69, 9.17) is 16.3 Å². The van der Waals surface area contributed by atoms with Gasteiger partial charge in [0.25, 0.3) is 5.91 Å². The average molecular weight is 429 g/mol. The van der Waals surface area contributed by atoms with Crippen molar-refractivity contribution < 1.29 is 9.53 Å². The number of carbonyl (C=O) groups is 1. The predicted octanol–water partition coefficient (Wildman–Crippen LogP) is 6.46. The quantitative estimate of drug-likeness (QED) is 0.397. The molecule has 1 N–H and O–H groups in total. The van der Waals surface area contributed by atoms with Crippen molar-refractivity contribution >= 4 is 55.5 Å². The molecular formula is C21H17ClN2O2S2. The maximum Gasteiger partial charge on any atom is 0.267 e. The highest BCUT2D eigenvalue weighted by Crippen LogP contribution is 2.29. The van der Waals surface area contributed by atoms with Crippen molar-refractivity contribution in [1.29, 1.82) is 0 Å². The van der Waals surface area contributed by atoms with Crippen LogP contribution in [-0.4, -0.2) is 10.9 Å². The molecular weight excluding hydrogens is 412 g/mol. The zero-order valence-corrected chi connectivity index (χ0v) is 17.7. The zero-order chi connectivity index (χ0) is 19.7. The molecule has 2 aromatic carbocycles. The number of ether oxygens (including phenoxy) is 1. The Balaban J connectivity index is 1.42. The van der Waals surface area contributed by atoms with Crippen molar-refractivity contribution in [3.63, 3.8) is 0 Å². The number of halogens is 1. The summed E-state index contributed by atoms with van der Waals surface area (Å²) in [4.78, 5) is 17.7. The summed E-state index contributed by atoms with van der Waals surface area (Å²) in [5.41, 5.74) is 3.95. The molecule has 0 saturated carbocycles. The van der Waals surface area contributed by atoms with Crippen LogP contribution < -0.4 is 10.1 Å². The fourth-order valence-electron chi connectivity index (χ4n) is 2.74. The molecule has 28 heavy (non-hydrogen) atoms. The summed E-state index contributed by atoms with van der Waals surface area (Å²) in [7, 11) is 0. The van der Waals surface area contributed by atoms with E-state index in [9.17, 15) is 4.79 Å². The molecule has 2 heterocycles. The van der Waals surface area contributed by atoms with Crippen LogP contribution in [0.5, 0.6) is 5.75 Å². The molecule has 0 aliphatic heterocycles. The zero-order valence-electron chi connectivity index (χ0n) is 15.3. The van der Waals surface area contributed by atoms with Gasteiger partial charge in [-0.05, 0) is 60.7 Å². The lowest BCUT2D eigenvalue weighted by atomic mass is 10.2. The summed E-state index contributed by atoms with van der Waals surface area (Å²) in [6.07, 6.45) is 0. The van der Waals surface area contributed by atoms with Crippen LogP contribution in [0.1, 0.15) is 26.4 Å². The van der Waals surface area contributed by atoms with Crippen molar-refractivity contribution in [1.82, 2.24) is 4.98 Å². The molecule has 4 aromatic rings. The normalized spacial score (nSPS) is 11.0. The van der Waals surface area contributed by atoms with E-state index < -0.39 is 0 Å². The number of para-hydroxylation sites is 1. The lowest BCUT2D eigenvalue weighted by Crippen LogP contribution is -2.09. The number of aromatic nitrogens is 1. The fourth-order valence-corrected chi connectivity index (χ4v) is 4.59. The van der Waals surface area contributed by atoms with E-state index in [2.05, 4.69) is 10.3 Å². The van der Waals surface area contributed by atoms with Gasteiger partial charge in [-0.2, -0.15) is 0 Å². The number of carbonyl (C=O) groups excluding carboxylic acids is 1. The van der Waals surface area contributed by atoms with Crippen LogP contribution >= 0.6 is 34.3 Å². The third-order valence-electron chi connectivity index (χ3n) is 4.25. The second-order valence-corrected chi connectivity index (χ2v) is 8.76. The van der Waals surface area contributed by atoms with Gasteiger partial charge in [0.2, 0.25) is 0 Å². The molecule has 0 saturated heterocycles. The highest BCUT2D eigenvalue weighted by atomic mass is 35.5. The molecule has 7 heteroatoms. The van der Waals surface area contributed by atoms with Crippen LogP contribution in [0.4, 0.5) is 5.13 Å². The first kappa shape index (κ1) is 18.9. The van der Waals surface area contributed by atoms with E-state index in [0.29, 0.717) is 21.6 Å². The first-order valence-electron chi connectivity index (χ1n) is 8.63. The van der Waals surface area contributed by atoms with Crippen molar-refractivity contribution in [2.75, 3.05) is 5.32 Å². The number of fused-ring (bicyclic) bond motifs is 1. The van der Waals surface area contributed by atoms with Gasteiger partial charge < -0.3 is 4.74 Å². The van der Waals surface area contributed by atoms with E-state index in [-0.39, 0.29) is 5.91 Å². The Morgan fingerprint density at radius 1 is 1.18 bits per heavy atom. The van der Waals surface area contributed by atoms with Gasteiger partial charge in [0.15, 0.2) is 5.13 Å². The van der Waals surface area contributed by atoms with Crippen LogP contribution in [0.2, 0.25) is 5.02 Å². The third kappa shape index (κ3) is 4.04. The van der Waals surface area contributed by atoms with E-state index in [0.717, 1.165) is 32.7 Å². The minimum absolute atomic E-state index is 0.157. The smallest absolute Gasteiger partial charge is 0.267 e. The standard InChI is InChI=1S/C21H17ClN2O2S2/c1-12-4-3-5-17-19(12)23-21(28-17)24-20(25)18-9-14(11-27-18)10-26-15-6-7-16(22)13(2)8-15/h3-9,11H,10H2,1-2H3,(H,23,24,25). The van der Waals surface area contributed by atoms with Crippen molar-refractivity contribution in [3.8, 4) is 5.75 Å². The van der Waals surface area contributed by atoms with Gasteiger partial charge in [0, 0.05) is 10.6 Å². The van der Waals surface area contributed by atoms with Crippen molar-refractivity contribution in [3.05, 3.63) is 74.4 Å². The lowest BCUT2D eigenvalue weighted by molar-refractivity contribution is 0.103. The number of nitrogens with zero attached hydrogens (tertiary/aromatic N) is 1. The minimum atomic E-state index is -0.157. The highest BCUT2D eigenvalue weighted by Gasteiger charge is 2.13. The Hall–Kier alpha value is -2.41. The molecule has 0 fully saturated rings. The van der Waals surface area contributed by atoms with Crippen LogP contribution in [0.15, 0.2) is 47.8 Å². The number of thiazole rings is 1. The van der Waals surface area contributed by atoms with E-state index >= 15 is 0 Å². The van der Waals surface area contributed by atoms with Gasteiger partial charge in [-0.3, -0.25) is 10.1 Å². The monoisotopic (exact) mass is 428 g/mol. The maximum absolute atomic E-state index is 12.6. The third-order valence-corrected chi connectivity index (χ3v) is 6.59. The van der Waals surface area contributed by atoms with Gasteiger partial charge >= 0.3 is 0 Å². The van der Waals surface area contributed by atoms with E-state index in [1.54, 1.807) is 0 Å². The first-order valence-corrected chi connectivity index (χ1v) is 10.7. The lowest BCUT2D eigenvalue weighted by Gasteiger charge is -2.06. The van der Waals surface area contributed by atoms with Crippen molar-refractivity contribution in [2.24, 2.45) is 0 Å². The van der Waals surface area contributed by atoms with Crippen molar-refractivity contribution in [2.45, 2.75) is 20.5 Å². The molecule has 0 aliphatic rings. The predicted molar refractivity (Wildman–Crippen MR) is 117 cm³/mol. The maximum atomic E-state index is 12.6. The van der Waals surface area contributed by atoms with Crippen LogP contribution in [-0.2, 0) is 6.61 Å². The van der Waals surface area contributed by atoms with E-state index in [1.165, 1.54) is 22.7 Å². The molecule has 1 amide bonds. The number of hydrogen-bond donors (Lipinski definition) is 1. The van der Waals surface area contributed by atoms with Gasteiger partial charge in [-0.25, -0.2) is 4.98 Å².